The van der Waals surface area contributed by atoms with Crippen LogP contribution in [0.5, 0.6) is 5.75 Å². The van der Waals surface area contributed by atoms with Gasteiger partial charge in [-0.2, -0.15) is 10.2 Å². The van der Waals surface area contributed by atoms with Crippen LogP contribution in [0.15, 0.2) is 55.1 Å². The third kappa shape index (κ3) is 3.67. The molecule has 0 saturated heterocycles. The lowest BCUT2D eigenvalue weighted by Gasteiger charge is -2.32. The maximum atomic E-state index is 13.2. The number of carbonyl (C=O) groups excluding carboxylic acids is 1. The van der Waals surface area contributed by atoms with Gasteiger partial charge in [-0.3, -0.25) is 9.78 Å². The minimum absolute atomic E-state index is 0.0375. The molecule has 0 radical (unpaired) electrons. The van der Waals surface area contributed by atoms with E-state index in [2.05, 4.69) is 25.5 Å². The molecule has 3 N–H and O–H groups in total. The van der Waals surface area contributed by atoms with Crippen LogP contribution in [-0.4, -0.2) is 54.5 Å². The topological polar surface area (TPSA) is 125 Å². The van der Waals surface area contributed by atoms with Crippen LogP contribution < -0.4 is 15.8 Å². The summed E-state index contributed by atoms with van der Waals surface area (Å²) in [5.41, 5.74) is 9.49. The number of nitrogens with zero attached hydrogens (tertiary/aromatic N) is 6. The van der Waals surface area contributed by atoms with Crippen molar-refractivity contribution in [1.82, 2.24) is 34.7 Å². The Labute approximate surface area is 204 Å². The number of methoxy groups -OCH3 is 1. The smallest absolute Gasteiger partial charge is 0.272 e. The summed E-state index contributed by atoms with van der Waals surface area (Å²) in [5, 5.41) is 13.2. The Balaban J connectivity index is 1.53. The molecule has 1 aliphatic carbocycles. The van der Waals surface area contributed by atoms with Crippen LogP contribution in [0, 0.1) is 0 Å². The quantitative estimate of drug-likeness (QED) is 0.389. The van der Waals surface area contributed by atoms with E-state index in [1.54, 1.807) is 59.2 Å². The van der Waals surface area contributed by atoms with Gasteiger partial charge in [0.05, 0.1) is 35.5 Å². The molecule has 176 valence electrons. The summed E-state index contributed by atoms with van der Waals surface area (Å²) in [7, 11) is 1.57. The molecule has 0 bridgehead atoms. The molecular formula is C24H21ClN8O2. The van der Waals surface area contributed by atoms with Gasteiger partial charge in [-0.15, -0.1) is 0 Å². The van der Waals surface area contributed by atoms with Gasteiger partial charge in [-0.1, -0.05) is 11.6 Å². The van der Waals surface area contributed by atoms with Crippen molar-refractivity contribution in [1.29, 1.82) is 0 Å². The van der Waals surface area contributed by atoms with Crippen LogP contribution in [-0.2, 0) is 0 Å². The summed E-state index contributed by atoms with van der Waals surface area (Å²) >= 11 is 6.31. The molecule has 0 spiro atoms. The second-order valence-electron chi connectivity index (χ2n) is 8.51. The monoisotopic (exact) mass is 488 g/mol. The van der Waals surface area contributed by atoms with Gasteiger partial charge in [-0.25, -0.2) is 14.2 Å². The number of ether oxygens (including phenoxy) is 1. The molecule has 4 heterocycles. The van der Waals surface area contributed by atoms with Crippen LogP contribution >= 0.6 is 11.6 Å². The van der Waals surface area contributed by atoms with Crippen molar-refractivity contribution in [3.05, 3.63) is 65.8 Å². The normalized spacial score (nSPS) is 17.5. The number of amides is 1. The van der Waals surface area contributed by atoms with E-state index >= 15 is 0 Å². The Bertz CT molecular complexity index is 1590. The number of hydrogen-bond acceptors (Lipinski definition) is 7. The minimum atomic E-state index is -0.279. The molecule has 5 aromatic rings. The van der Waals surface area contributed by atoms with E-state index < -0.39 is 0 Å². The standard InChI is InChI=1S/C24H21ClN8O2/c1-35-21-4-3-13(25)7-20(21)33-19-10-18(16-12-29-32-6-2-5-27-23(16)32)28-11-17(19)22(31-33)24(34)30-15-8-14(26)9-15/h2-7,10-12,14-15H,8-9,26H2,1H3,(H,30,34)/t14-,15-. The molecule has 0 aliphatic heterocycles. The van der Waals surface area contributed by atoms with E-state index in [0.717, 1.165) is 18.4 Å². The molecule has 0 atom stereocenters. The summed E-state index contributed by atoms with van der Waals surface area (Å²) < 4.78 is 8.90. The van der Waals surface area contributed by atoms with Crippen LogP contribution in [0.2, 0.25) is 5.02 Å². The second kappa shape index (κ2) is 8.33. The molecule has 0 unspecified atom stereocenters. The Morgan fingerprint density at radius 2 is 2.09 bits per heavy atom. The average molecular weight is 489 g/mol. The van der Waals surface area contributed by atoms with E-state index in [9.17, 15) is 4.79 Å². The van der Waals surface area contributed by atoms with Crippen molar-refractivity contribution >= 4 is 34.1 Å². The maximum absolute atomic E-state index is 13.2. The molecule has 1 fully saturated rings. The van der Waals surface area contributed by atoms with E-state index in [1.807, 2.05) is 12.3 Å². The molecule has 35 heavy (non-hydrogen) atoms. The highest BCUT2D eigenvalue weighted by Crippen LogP contribution is 2.32. The highest BCUT2D eigenvalue weighted by atomic mass is 35.5. The summed E-state index contributed by atoms with van der Waals surface area (Å²) in [5.74, 6) is 0.283. The number of pyridine rings is 1. The summed E-state index contributed by atoms with van der Waals surface area (Å²) in [4.78, 5) is 22.2. The van der Waals surface area contributed by atoms with Crippen LogP contribution in [0.1, 0.15) is 23.3 Å². The Kier molecular flexibility index (Phi) is 5.12. The van der Waals surface area contributed by atoms with Crippen LogP contribution in [0.4, 0.5) is 0 Å². The van der Waals surface area contributed by atoms with Crippen LogP contribution in [0.3, 0.4) is 0 Å². The van der Waals surface area contributed by atoms with Crippen LogP contribution in [0.25, 0.3) is 33.5 Å². The summed E-state index contributed by atoms with van der Waals surface area (Å²) in [6.45, 7) is 0. The molecule has 1 saturated carbocycles. The minimum Gasteiger partial charge on any atom is -0.494 e. The first-order valence-electron chi connectivity index (χ1n) is 11.1. The molecule has 10 nitrogen and oxygen atoms in total. The number of nitrogens with one attached hydrogen (secondary N) is 1. The third-order valence-electron chi connectivity index (χ3n) is 6.21. The van der Waals surface area contributed by atoms with Gasteiger partial charge in [-0.05, 0) is 43.2 Å². The summed E-state index contributed by atoms with van der Waals surface area (Å²) in [6.07, 6.45) is 8.38. The van der Waals surface area contributed by atoms with Gasteiger partial charge in [0.25, 0.3) is 5.91 Å². The van der Waals surface area contributed by atoms with E-state index in [4.69, 9.17) is 22.1 Å². The summed E-state index contributed by atoms with van der Waals surface area (Å²) in [6, 6.07) is 9.07. The first kappa shape index (κ1) is 21.5. The maximum Gasteiger partial charge on any atom is 0.272 e. The number of aromatic nitrogens is 6. The zero-order chi connectivity index (χ0) is 24.1. The number of fused-ring (bicyclic) bond motifs is 2. The number of nitrogens with two attached hydrogens (primary N) is 1. The second-order valence-corrected chi connectivity index (χ2v) is 8.95. The van der Waals surface area contributed by atoms with Crippen molar-refractivity contribution < 1.29 is 9.53 Å². The fourth-order valence-electron chi connectivity index (χ4n) is 4.38. The largest absolute Gasteiger partial charge is 0.494 e. The van der Waals surface area contributed by atoms with E-state index in [0.29, 0.717) is 38.7 Å². The lowest BCUT2D eigenvalue weighted by molar-refractivity contribution is 0.0906. The number of halogens is 1. The van der Waals surface area contributed by atoms with Gasteiger partial charge < -0.3 is 15.8 Å². The van der Waals surface area contributed by atoms with Crippen molar-refractivity contribution in [2.75, 3.05) is 7.11 Å². The molecule has 4 aromatic heterocycles. The Hall–Kier alpha value is -4.02. The number of carbonyl (C=O) groups is 1. The SMILES string of the molecule is COc1ccc(Cl)cc1-n1nc(C(=O)N[C@H]2C[C@H](N)C2)c2cnc(-c3cnn4cccnc34)cc21. The third-order valence-corrected chi connectivity index (χ3v) is 6.45. The zero-order valence-corrected chi connectivity index (χ0v) is 19.5. The molecule has 11 heteroatoms. The fraction of sp³-hybridized carbons (Fsp3) is 0.208. The zero-order valence-electron chi connectivity index (χ0n) is 18.7. The molecule has 6 rings (SSSR count). The first-order chi connectivity index (χ1) is 17.0. The molecular weight excluding hydrogens is 468 g/mol. The number of rotatable bonds is 5. The molecule has 1 aromatic carbocycles. The lowest BCUT2D eigenvalue weighted by atomic mass is 9.87. The van der Waals surface area contributed by atoms with Gasteiger partial charge in [0.15, 0.2) is 11.3 Å². The van der Waals surface area contributed by atoms with Gasteiger partial charge in [0.1, 0.15) is 11.4 Å². The Morgan fingerprint density at radius 1 is 1.23 bits per heavy atom. The van der Waals surface area contributed by atoms with Crippen molar-refractivity contribution in [3.63, 3.8) is 0 Å². The number of hydrogen-bond donors (Lipinski definition) is 2. The highest BCUT2D eigenvalue weighted by molar-refractivity contribution is 6.30. The Morgan fingerprint density at radius 3 is 2.89 bits per heavy atom. The fourth-order valence-corrected chi connectivity index (χ4v) is 4.55. The van der Waals surface area contributed by atoms with Crippen molar-refractivity contribution in [2.45, 2.75) is 24.9 Å². The predicted octanol–water partition coefficient (Wildman–Crippen LogP) is 3.01. The van der Waals surface area contributed by atoms with Crippen molar-refractivity contribution in [2.24, 2.45) is 5.73 Å². The average Bonchev–Trinajstić information content (AvgIpc) is 3.44. The van der Waals surface area contributed by atoms with E-state index in [1.165, 1.54) is 0 Å². The van der Waals surface area contributed by atoms with Crippen molar-refractivity contribution in [3.8, 4) is 22.7 Å². The molecule has 1 amide bonds. The van der Waals surface area contributed by atoms with Gasteiger partial charge >= 0.3 is 0 Å². The predicted molar refractivity (Wildman–Crippen MR) is 131 cm³/mol. The van der Waals surface area contributed by atoms with E-state index in [-0.39, 0.29) is 23.7 Å². The highest BCUT2D eigenvalue weighted by Gasteiger charge is 2.29. The lowest BCUT2D eigenvalue weighted by Crippen LogP contribution is -2.50. The molecule has 1 aliphatic rings. The number of benzene rings is 1. The van der Waals surface area contributed by atoms with Gasteiger partial charge in [0.2, 0.25) is 0 Å². The van der Waals surface area contributed by atoms with Gasteiger partial charge in [0, 0.05) is 35.7 Å². The first-order valence-corrected chi connectivity index (χ1v) is 11.5.